The van der Waals surface area contributed by atoms with E-state index in [0.717, 1.165) is 4.90 Å². The van der Waals surface area contributed by atoms with Crippen LogP contribution in [0.15, 0.2) is 48.5 Å². The Labute approximate surface area is 167 Å². The molecule has 0 spiro atoms. The number of carbonyl (C=O) groups excluding carboxylic acids is 3. The third-order valence-corrected chi connectivity index (χ3v) is 5.06. The van der Waals surface area contributed by atoms with Crippen molar-refractivity contribution in [2.45, 2.75) is 31.8 Å². The first-order chi connectivity index (χ1) is 13.8. The monoisotopic (exact) mass is 394 g/mol. The van der Waals surface area contributed by atoms with Crippen LogP contribution in [0.1, 0.15) is 31.4 Å². The summed E-state index contributed by atoms with van der Waals surface area (Å²) >= 11 is 0. The number of benzene rings is 2. The predicted molar refractivity (Wildman–Crippen MR) is 103 cm³/mol. The van der Waals surface area contributed by atoms with Gasteiger partial charge in [0.15, 0.2) is 0 Å². The largest absolute Gasteiger partial charge is 0.326 e. The molecular weight excluding hydrogens is 375 g/mol. The summed E-state index contributed by atoms with van der Waals surface area (Å²) in [5.41, 5.74) is -0.382. The highest BCUT2D eigenvalue weighted by atomic mass is 19.1. The lowest BCUT2D eigenvalue weighted by Gasteiger charge is -2.27. The number of amides is 4. The van der Waals surface area contributed by atoms with E-state index in [1.54, 1.807) is 31.2 Å². The van der Waals surface area contributed by atoms with Crippen molar-refractivity contribution in [3.8, 4) is 6.07 Å². The molecule has 2 N–H and O–H groups in total. The first kappa shape index (κ1) is 20.0. The molecule has 0 bridgehead atoms. The maximum atomic E-state index is 13.3. The topological polar surface area (TPSA) is 102 Å². The average molecular weight is 394 g/mol. The highest BCUT2D eigenvalue weighted by Gasteiger charge is 2.53. The number of hydrogen-bond acceptors (Lipinski definition) is 4. The molecule has 1 aliphatic rings. The molecule has 1 aliphatic heterocycles. The van der Waals surface area contributed by atoms with Crippen molar-refractivity contribution < 1.29 is 18.8 Å². The second-order valence-corrected chi connectivity index (χ2v) is 6.69. The smallest absolute Gasteiger partial charge is 0.323 e. The Kier molecular flexibility index (Phi) is 5.33. The Hall–Kier alpha value is -3.73. The zero-order valence-corrected chi connectivity index (χ0v) is 15.9. The van der Waals surface area contributed by atoms with Crippen molar-refractivity contribution >= 4 is 23.5 Å². The molecule has 0 aliphatic carbocycles. The Morgan fingerprint density at radius 3 is 2.52 bits per heavy atom. The van der Waals surface area contributed by atoms with E-state index in [4.69, 9.17) is 5.26 Å². The Morgan fingerprint density at radius 2 is 1.90 bits per heavy atom. The van der Waals surface area contributed by atoms with Crippen molar-refractivity contribution in [3.05, 3.63) is 65.5 Å². The van der Waals surface area contributed by atoms with Gasteiger partial charge in [0, 0.05) is 0 Å². The standard InChI is InChI=1S/C21H19FN4O3/c1-3-21(15-8-10-16(22)11-9-15)19(28)26(20(29)25-21)13(2)18(27)24-17-7-5-4-6-14(17)12-23/h4-11,13H,3H2,1-2H3,(H,24,27)(H,25,29)/t13-,21+/m0/s1. The van der Waals surface area contributed by atoms with Gasteiger partial charge in [-0.2, -0.15) is 5.26 Å². The number of nitriles is 1. The number of urea groups is 1. The van der Waals surface area contributed by atoms with E-state index < -0.39 is 35.2 Å². The van der Waals surface area contributed by atoms with Crippen LogP contribution in [0.2, 0.25) is 0 Å². The molecule has 0 aromatic heterocycles. The van der Waals surface area contributed by atoms with Gasteiger partial charge in [0.2, 0.25) is 5.91 Å². The van der Waals surface area contributed by atoms with Crippen LogP contribution >= 0.6 is 0 Å². The second kappa shape index (κ2) is 7.72. The van der Waals surface area contributed by atoms with E-state index in [0.29, 0.717) is 11.3 Å². The van der Waals surface area contributed by atoms with Crippen molar-refractivity contribution in [2.24, 2.45) is 0 Å². The van der Waals surface area contributed by atoms with Gasteiger partial charge in [-0.25, -0.2) is 14.1 Å². The number of halogens is 1. The number of rotatable bonds is 5. The molecule has 2 aromatic rings. The molecule has 4 amide bonds. The molecule has 1 heterocycles. The number of hydrogen-bond donors (Lipinski definition) is 2. The van der Waals surface area contributed by atoms with E-state index in [2.05, 4.69) is 10.6 Å². The quantitative estimate of drug-likeness (QED) is 0.761. The Bertz CT molecular complexity index is 1020. The summed E-state index contributed by atoms with van der Waals surface area (Å²) in [5, 5.41) is 14.4. The van der Waals surface area contributed by atoms with Crippen LogP contribution in [0.3, 0.4) is 0 Å². The van der Waals surface area contributed by atoms with E-state index >= 15 is 0 Å². The fraction of sp³-hybridized carbons (Fsp3) is 0.238. The van der Waals surface area contributed by atoms with Crippen molar-refractivity contribution in [2.75, 3.05) is 5.32 Å². The van der Waals surface area contributed by atoms with Crippen LogP contribution in [0.5, 0.6) is 0 Å². The molecule has 148 valence electrons. The molecule has 2 atom stereocenters. The van der Waals surface area contributed by atoms with Gasteiger partial charge in [0.05, 0.1) is 11.3 Å². The average Bonchev–Trinajstić information content (AvgIpc) is 2.98. The van der Waals surface area contributed by atoms with Crippen LogP contribution in [-0.2, 0) is 15.1 Å². The number of carbonyl (C=O) groups is 3. The Morgan fingerprint density at radius 1 is 1.24 bits per heavy atom. The van der Waals surface area contributed by atoms with Gasteiger partial charge in [-0.3, -0.25) is 9.59 Å². The molecule has 2 aromatic carbocycles. The molecule has 1 fully saturated rings. The number of nitrogens with zero attached hydrogens (tertiary/aromatic N) is 2. The fourth-order valence-electron chi connectivity index (χ4n) is 3.36. The summed E-state index contributed by atoms with van der Waals surface area (Å²) in [6, 6.07) is 11.9. The molecule has 3 rings (SSSR count). The summed E-state index contributed by atoms with van der Waals surface area (Å²) in [7, 11) is 0. The third-order valence-electron chi connectivity index (χ3n) is 5.06. The number of para-hydroxylation sites is 1. The van der Waals surface area contributed by atoms with Gasteiger partial charge in [-0.1, -0.05) is 31.2 Å². The second-order valence-electron chi connectivity index (χ2n) is 6.69. The molecule has 0 unspecified atom stereocenters. The Balaban J connectivity index is 1.87. The summed E-state index contributed by atoms with van der Waals surface area (Å²) in [5.74, 6) is -1.66. The first-order valence-corrected chi connectivity index (χ1v) is 9.06. The molecule has 7 nitrogen and oxygen atoms in total. The third kappa shape index (κ3) is 3.43. The molecule has 29 heavy (non-hydrogen) atoms. The minimum absolute atomic E-state index is 0.227. The van der Waals surface area contributed by atoms with Gasteiger partial charge in [-0.15, -0.1) is 0 Å². The van der Waals surface area contributed by atoms with Crippen molar-refractivity contribution in [3.63, 3.8) is 0 Å². The van der Waals surface area contributed by atoms with Crippen LogP contribution in [0, 0.1) is 17.1 Å². The number of nitrogens with one attached hydrogen (secondary N) is 2. The maximum Gasteiger partial charge on any atom is 0.326 e. The minimum atomic E-state index is -1.37. The molecule has 0 radical (unpaired) electrons. The highest BCUT2D eigenvalue weighted by molar-refractivity contribution is 6.11. The zero-order valence-electron chi connectivity index (χ0n) is 15.9. The van der Waals surface area contributed by atoms with Gasteiger partial charge in [0.1, 0.15) is 23.5 Å². The first-order valence-electron chi connectivity index (χ1n) is 9.06. The number of imide groups is 1. The molecule has 8 heteroatoms. The van der Waals surface area contributed by atoms with E-state index in [-0.39, 0.29) is 12.0 Å². The van der Waals surface area contributed by atoms with E-state index in [1.165, 1.54) is 31.2 Å². The summed E-state index contributed by atoms with van der Waals surface area (Å²) in [6.07, 6.45) is 0.227. The zero-order chi connectivity index (χ0) is 21.2. The number of anilines is 1. The van der Waals surface area contributed by atoms with Crippen LogP contribution < -0.4 is 10.6 Å². The predicted octanol–water partition coefficient (Wildman–Crippen LogP) is 2.88. The lowest BCUT2D eigenvalue weighted by molar-refractivity contribution is -0.136. The molecule has 0 saturated carbocycles. The SMILES string of the molecule is CC[C@]1(c2ccc(F)cc2)NC(=O)N([C@@H](C)C(=O)Nc2ccccc2C#N)C1=O. The van der Waals surface area contributed by atoms with Gasteiger partial charge in [0.25, 0.3) is 5.91 Å². The summed E-state index contributed by atoms with van der Waals surface area (Å²) < 4.78 is 13.3. The van der Waals surface area contributed by atoms with Gasteiger partial charge < -0.3 is 10.6 Å². The van der Waals surface area contributed by atoms with Crippen LogP contribution in [0.4, 0.5) is 14.9 Å². The highest BCUT2D eigenvalue weighted by Crippen LogP contribution is 2.33. The van der Waals surface area contributed by atoms with E-state index in [9.17, 15) is 18.8 Å². The normalized spacial score (nSPS) is 19.4. The lowest BCUT2D eigenvalue weighted by Crippen LogP contribution is -2.48. The van der Waals surface area contributed by atoms with Gasteiger partial charge >= 0.3 is 6.03 Å². The van der Waals surface area contributed by atoms with Crippen LogP contribution in [0.25, 0.3) is 0 Å². The van der Waals surface area contributed by atoms with Gasteiger partial charge in [-0.05, 0) is 43.2 Å². The maximum absolute atomic E-state index is 13.3. The van der Waals surface area contributed by atoms with Crippen molar-refractivity contribution in [1.29, 1.82) is 5.26 Å². The molecule has 1 saturated heterocycles. The van der Waals surface area contributed by atoms with Crippen LogP contribution in [-0.4, -0.2) is 28.8 Å². The summed E-state index contributed by atoms with van der Waals surface area (Å²) in [4.78, 5) is 39.4. The lowest BCUT2D eigenvalue weighted by atomic mass is 9.87. The summed E-state index contributed by atoms with van der Waals surface area (Å²) in [6.45, 7) is 3.15. The molecular formula is C21H19FN4O3. The van der Waals surface area contributed by atoms with Crippen molar-refractivity contribution in [1.82, 2.24) is 10.2 Å². The van der Waals surface area contributed by atoms with E-state index in [1.807, 2.05) is 6.07 Å². The minimum Gasteiger partial charge on any atom is -0.323 e. The fourth-order valence-corrected chi connectivity index (χ4v) is 3.36.